The number of likely N-dealkylation sites (N-methyl/N-ethyl adjacent to an activating group) is 1. The van der Waals surface area contributed by atoms with Crippen LogP contribution in [0.25, 0.3) is 5.70 Å². The Labute approximate surface area is 206 Å². The zero-order chi connectivity index (χ0) is 25.5. The van der Waals surface area contributed by atoms with Crippen molar-refractivity contribution >= 4 is 17.8 Å². The maximum absolute atomic E-state index is 12.5. The number of pyridine rings is 1. The average Bonchev–Trinajstić information content (AvgIpc) is 3.33. The number of carboxylic acid groups (broad SMARTS) is 1. The number of ether oxygens (including phenoxy) is 3. The molecule has 0 bridgehead atoms. The molecule has 35 heavy (non-hydrogen) atoms. The maximum Gasteiger partial charge on any atom is 0.409 e. The second-order valence-electron chi connectivity index (χ2n) is 9.39. The number of carbonyl (C=O) groups is 2. The van der Waals surface area contributed by atoms with Crippen LogP contribution in [0.2, 0.25) is 0 Å². The number of aliphatic carboxylic acids is 1. The van der Waals surface area contributed by atoms with Crippen molar-refractivity contribution in [3.8, 4) is 5.75 Å². The van der Waals surface area contributed by atoms with Gasteiger partial charge in [0.05, 0.1) is 41.9 Å². The lowest BCUT2D eigenvalue weighted by Crippen LogP contribution is -2.37. The topological polar surface area (TPSA) is 153 Å². The van der Waals surface area contributed by atoms with Gasteiger partial charge in [0.25, 0.3) is 0 Å². The van der Waals surface area contributed by atoms with Crippen molar-refractivity contribution in [2.75, 3.05) is 40.5 Å². The van der Waals surface area contributed by atoms with E-state index in [1.165, 1.54) is 17.9 Å². The lowest BCUT2D eigenvalue weighted by molar-refractivity contribution is -0.149. The van der Waals surface area contributed by atoms with Crippen LogP contribution in [-0.2, 0) is 14.3 Å². The highest BCUT2D eigenvalue weighted by molar-refractivity contribution is 5.70. The van der Waals surface area contributed by atoms with Gasteiger partial charge in [0.2, 0.25) is 0 Å². The summed E-state index contributed by atoms with van der Waals surface area (Å²) in [7, 11) is 3.35. The molecule has 2 fully saturated rings. The summed E-state index contributed by atoms with van der Waals surface area (Å²) in [4.78, 5) is 29.8. The lowest BCUT2D eigenvalue weighted by Gasteiger charge is -2.28. The normalized spacial score (nSPS) is 21.3. The number of amides is 1. The highest BCUT2D eigenvalue weighted by Crippen LogP contribution is 2.26. The van der Waals surface area contributed by atoms with Crippen LogP contribution in [0, 0.1) is 18.8 Å². The van der Waals surface area contributed by atoms with E-state index in [2.05, 4.69) is 4.98 Å². The molecule has 0 aromatic carbocycles. The van der Waals surface area contributed by atoms with E-state index < -0.39 is 18.0 Å². The van der Waals surface area contributed by atoms with Crippen molar-refractivity contribution in [1.82, 2.24) is 14.9 Å². The van der Waals surface area contributed by atoms with E-state index in [0.29, 0.717) is 48.3 Å². The molecule has 11 nitrogen and oxygen atoms in total. The Morgan fingerprint density at radius 1 is 1.23 bits per heavy atom. The Bertz CT molecular complexity index is 931. The quantitative estimate of drug-likeness (QED) is 0.345. The first-order chi connectivity index (χ1) is 16.7. The molecule has 5 N–H and O–H groups in total. The number of rotatable bonds is 9. The van der Waals surface area contributed by atoms with Crippen LogP contribution in [-0.4, -0.2) is 78.6 Å². The number of aryl methyl sites for hydroxylation is 1. The highest BCUT2D eigenvalue weighted by Gasteiger charge is 2.29. The summed E-state index contributed by atoms with van der Waals surface area (Å²) in [6.45, 7) is 2.85. The highest BCUT2D eigenvalue weighted by atomic mass is 16.6. The third-order valence-corrected chi connectivity index (χ3v) is 6.51. The summed E-state index contributed by atoms with van der Waals surface area (Å²) >= 11 is 0. The molecule has 0 radical (unpaired) electrons. The number of aromatic nitrogens is 1. The fourth-order valence-corrected chi connectivity index (χ4v) is 4.46. The summed E-state index contributed by atoms with van der Waals surface area (Å²) < 4.78 is 16.8. The van der Waals surface area contributed by atoms with Crippen LogP contribution in [0.4, 0.5) is 4.79 Å². The third kappa shape index (κ3) is 7.22. The van der Waals surface area contributed by atoms with Crippen LogP contribution in [0.1, 0.15) is 43.5 Å². The smallest absolute Gasteiger partial charge is 0.409 e. The van der Waals surface area contributed by atoms with Crippen LogP contribution in [0.15, 0.2) is 17.8 Å². The molecular weight excluding hydrogens is 454 g/mol. The molecule has 1 saturated heterocycles. The number of carbonyl (C=O) groups excluding carboxylic acids is 1. The van der Waals surface area contributed by atoms with E-state index in [1.54, 1.807) is 38.1 Å². The second-order valence-corrected chi connectivity index (χ2v) is 9.39. The van der Waals surface area contributed by atoms with Gasteiger partial charge < -0.3 is 35.0 Å². The minimum absolute atomic E-state index is 0.0956. The molecule has 3 rings (SSSR count). The Morgan fingerprint density at radius 3 is 2.57 bits per heavy atom. The van der Waals surface area contributed by atoms with Crippen molar-refractivity contribution in [1.29, 1.82) is 0 Å². The van der Waals surface area contributed by atoms with Crippen molar-refractivity contribution in [3.63, 3.8) is 0 Å². The summed E-state index contributed by atoms with van der Waals surface area (Å²) in [5.74, 6) is 5.52. The Balaban J connectivity index is 1.64. The minimum Gasteiger partial charge on any atom is -0.486 e. The zero-order valence-electron chi connectivity index (χ0n) is 20.7. The fraction of sp³-hybridized carbons (Fsp3) is 0.625. The SMILES string of the molecule is Cc1nc(/C(N)=C(\COC(=O)N(C)CC2CCCC2)N(C)N)ccc1OC1COCC(C(=O)O)C1. The molecule has 1 aromatic rings. The van der Waals surface area contributed by atoms with Crippen molar-refractivity contribution < 1.29 is 28.9 Å². The second kappa shape index (κ2) is 12.1. The minimum atomic E-state index is -0.898. The van der Waals surface area contributed by atoms with E-state index in [1.807, 2.05) is 0 Å². The van der Waals surface area contributed by atoms with E-state index in [9.17, 15) is 14.7 Å². The van der Waals surface area contributed by atoms with Crippen LogP contribution < -0.4 is 16.3 Å². The van der Waals surface area contributed by atoms with Gasteiger partial charge in [-0.05, 0) is 37.8 Å². The van der Waals surface area contributed by atoms with Gasteiger partial charge in [0.1, 0.15) is 18.5 Å². The number of carboxylic acids is 1. The van der Waals surface area contributed by atoms with Crippen molar-refractivity contribution in [2.45, 2.75) is 45.1 Å². The molecular formula is C24H37N5O6. The van der Waals surface area contributed by atoms with Crippen molar-refractivity contribution in [3.05, 3.63) is 29.2 Å². The molecule has 2 atom stereocenters. The average molecular weight is 492 g/mol. The zero-order valence-corrected chi connectivity index (χ0v) is 20.7. The molecule has 194 valence electrons. The summed E-state index contributed by atoms with van der Waals surface area (Å²) in [6.07, 6.45) is 4.26. The lowest BCUT2D eigenvalue weighted by atomic mass is 10.0. The molecule has 1 aromatic heterocycles. The van der Waals surface area contributed by atoms with Gasteiger partial charge in [-0.3, -0.25) is 4.79 Å². The number of hydrazine groups is 1. The molecule has 2 heterocycles. The number of hydrogen-bond acceptors (Lipinski definition) is 9. The summed E-state index contributed by atoms with van der Waals surface area (Å²) in [6, 6.07) is 3.41. The molecule has 1 aliphatic heterocycles. The first-order valence-electron chi connectivity index (χ1n) is 12.0. The molecule has 0 spiro atoms. The molecule has 2 aliphatic rings. The first kappa shape index (κ1) is 26.6. The van der Waals surface area contributed by atoms with Gasteiger partial charge in [-0.25, -0.2) is 15.6 Å². The Kier molecular flexibility index (Phi) is 9.16. The van der Waals surface area contributed by atoms with Gasteiger partial charge in [-0.15, -0.1) is 0 Å². The van der Waals surface area contributed by atoms with Gasteiger partial charge in [0.15, 0.2) is 0 Å². The summed E-state index contributed by atoms with van der Waals surface area (Å²) in [5.41, 5.74) is 8.09. The summed E-state index contributed by atoms with van der Waals surface area (Å²) in [5, 5.41) is 10.5. The number of nitrogens with two attached hydrogens (primary N) is 2. The van der Waals surface area contributed by atoms with E-state index in [4.69, 9.17) is 25.8 Å². The van der Waals surface area contributed by atoms with Crippen LogP contribution >= 0.6 is 0 Å². The van der Waals surface area contributed by atoms with E-state index in [0.717, 1.165) is 12.8 Å². The standard InChI is InChI=1S/C24H37N5O6/c1-15-21(35-18-10-17(23(30)31)12-33-13-18)9-8-19(27-15)22(25)20(29(3)26)14-34-24(32)28(2)11-16-6-4-5-7-16/h8-9,16-18H,4-7,10-14,25-26H2,1-3H3,(H,30,31)/b22-20-. The molecule has 1 saturated carbocycles. The van der Waals surface area contributed by atoms with Gasteiger partial charge >= 0.3 is 12.1 Å². The fourth-order valence-electron chi connectivity index (χ4n) is 4.46. The Morgan fingerprint density at radius 2 is 1.94 bits per heavy atom. The number of nitrogens with zero attached hydrogens (tertiary/aromatic N) is 3. The van der Waals surface area contributed by atoms with Crippen LogP contribution in [0.3, 0.4) is 0 Å². The predicted octanol–water partition coefficient (Wildman–Crippen LogP) is 1.95. The predicted molar refractivity (Wildman–Crippen MR) is 129 cm³/mol. The van der Waals surface area contributed by atoms with Gasteiger partial charge in [0, 0.05) is 27.1 Å². The third-order valence-electron chi connectivity index (χ3n) is 6.51. The monoisotopic (exact) mass is 491 g/mol. The van der Waals surface area contributed by atoms with Gasteiger partial charge in [-0.1, -0.05) is 12.8 Å². The molecule has 11 heteroatoms. The van der Waals surface area contributed by atoms with Gasteiger partial charge in [-0.2, -0.15) is 0 Å². The molecule has 1 amide bonds. The Hall–Kier alpha value is -3.05. The van der Waals surface area contributed by atoms with Crippen molar-refractivity contribution in [2.24, 2.45) is 23.4 Å². The largest absolute Gasteiger partial charge is 0.486 e. The molecule has 1 aliphatic carbocycles. The van der Waals surface area contributed by atoms with Crippen LogP contribution in [0.5, 0.6) is 5.75 Å². The number of hydrogen-bond donors (Lipinski definition) is 3. The van der Waals surface area contributed by atoms with E-state index in [-0.39, 0.29) is 25.0 Å². The maximum atomic E-state index is 12.5. The first-order valence-corrected chi connectivity index (χ1v) is 12.0. The van der Waals surface area contributed by atoms with E-state index >= 15 is 0 Å². The molecule has 2 unspecified atom stereocenters.